The molecule has 0 amide bonds. The predicted octanol–water partition coefficient (Wildman–Crippen LogP) is 2.73. The fourth-order valence-electron chi connectivity index (χ4n) is 2.50. The predicted molar refractivity (Wildman–Crippen MR) is 71.4 cm³/mol. The molecule has 0 unspecified atom stereocenters. The second kappa shape index (κ2) is 5.41. The van der Waals surface area contributed by atoms with Crippen LogP contribution in [0.2, 0.25) is 0 Å². The van der Waals surface area contributed by atoms with Gasteiger partial charge in [-0.3, -0.25) is 0 Å². The summed E-state index contributed by atoms with van der Waals surface area (Å²) in [6, 6.07) is 7.14. The van der Waals surface area contributed by atoms with Crippen LogP contribution in [0.3, 0.4) is 0 Å². The lowest BCUT2D eigenvalue weighted by Gasteiger charge is -2.27. The minimum absolute atomic E-state index is 0.231. The summed E-state index contributed by atoms with van der Waals surface area (Å²) in [5, 5.41) is -0.244. The lowest BCUT2D eigenvalue weighted by atomic mass is 9.97. The van der Waals surface area contributed by atoms with Crippen LogP contribution in [-0.4, -0.2) is 26.9 Å². The highest BCUT2D eigenvalue weighted by Crippen LogP contribution is 2.29. The Hall–Kier alpha value is -0.870. The van der Waals surface area contributed by atoms with E-state index in [9.17, 15) is 8.42 Å². The Morgan fingerprint density at radius 3 is 2.11 bits per heavy atom. The SMILES string of the molecule is COC1CCC(S(=O)(=O)c2ccc(C)cc2)CC1. The highest BCUT2D eigenvalue weighted by molar-refractivity contribution is 7.92. The molecule has 1 aromatic rings. The molecule has 0 saturated heterocycles. The summed E-state index contributed by atoms with van der Waals surface area (Å²) in [7, 11) is -1.47. The minimum atomic E-state index is -3.17. The molecule has 1 aromatic carbocycles. The summed E-state index contributed by atoms with van der Waals surface area (Å²) in [6.45, 7) is 1.96. The molecule has 1 fully saturated rings. The van der Waals surface area contributed by atoms with Crippen molar-refractivity contribution in [2.45, 2.75) is 48.9 Å². The van der Waals surface area contributed by atoms with Crippen LogP contribution < -0.4 is 0 Å². The van der Waals surface area contributed by atoms with E-state index in [-0.39, 0.29) is 11.4 Å². The largest absolute Gasteiger partial charge is 0.381 e. The molecule has 3 nitrogen and oxygen atoms in total. The van der Waals surface area contributed by atoms with Crippen molar-refractivity contribution in [3.05, 3.63) is 29.8 Å². The molecule has 0 aliphatic heterocycles. The van der Waals surface area contributed by atoms with Gasteiger partial charge in [0.15, 0.2) is 9.84 Å². The first-order valence-electron chi connectivity index (χ1n) is 6.37. The number of methoxy groups -OCH3 is 1. The van der Waals surface area contributed by atoms with Gasteiger partial charge >= 0.3 is 0 Å². The van der Waals surface area contributed by atoms with Crippen LogP contribution in [0.5, 0.6) is 0 Å². The maximum Gasteiger partial charge on any atom is 0.181 e. The molecule has 0 heterocycles. The normalized spacial score (nSPS) is 25.0. The van der Waals surface area contributed by atoms with E-state index in [1.54, 1.807) is 19.2 Å². The Morgan fingerprint density at radius 2 is 1.61 bits per heavy atom. The summed E-state index contributed by atoms with van der Waals surface area (Å²) in [6.07, 6.45) is 3.32. The number of hydrogen-bond donors (Lipinski definition) is 0. The number of rotatable bonds is 3. The molecule has 1 aliphatic carbocycles. The molecule has 0 N–H and O–H groups in total. The number of benzene rings is 1. The Labute approximate surface area is 109 Å². The molecule has 0 bridgehead atoms. The zero-order valence-corrected chi connectivity index (χ0v) is 11.7. The topological polar surface area (TPSA) is 43.4 Å². The Balaban J connectivity index is 2.15. The van der Waals surface area contributed by atoms with Crippen LogP contribution >= 0.6 is 0 Å². The second-order valence-electron chi connectivity index (χ2n) is 4.99. The van der Waals surface area contributed by atoms with Crippen LogP contribution in [0, 0.1) is 6.92 Å². The Morgan fingerprint density at radius 1 is 1.06 bits per heavy atom. The van der Waals surface area contributed by atoms with Gasteiger partial charge in [-0.05, 0) is 44.7 Å². The van der Waals surface area contributed by atoms with Gasteiger partial charge in [0.25, 0.3) is 0 Å². The lowest BCUT2D eigenvalue weighted by Crippen LogP contribution is -2.30. The average molecular weight is 268 g/mol. The van der Waals surface area contributed by atoms with E-state index in [1.807, 2.05) is 19.1 Å². The molecule has 100 valence electrons. The number of sulfone groups is 1. The molecule has 0 aromatic heterocycles. The van der Waals surface area contributed by atoms with Crippen molar-refractivity contribution in [2.75, 3.05) is 7.11 Å². The highest BCUT2D eigenvalue weighted by Gasteiger charge is 2.31. The highest BCUT2D eigenvalue weighted by atomic mass is 32.2. The van der Waals surface area contributed by atoms with Crippen LogP contribution in [0.4, 0.5) is 0 Å². The Kier molecular flexibility index (Phi) is 4.07. The molecule has 0 radical (unpaired) electrons. The summed E-state index contributed by atoms with van der Waals surface area (Å²) >= 11 is 0. The quantitative estimate of drug-likeness (QED) is 0.846. The number of aryl methyl sites for hydroxylation is 1. The zero-order chi connectivity index (χ0) is 13.2. The van der Waals surface area contributed by atoms with Crippen LogP contribution in [0.15, 0.2) is 29.2 Å². The maximum atomic E-state index is 12.5. The van der Waals surface area contributed by atoms with E-state index >= 15 is 0 Å². The van der Waals surface area contributed by atoms with Crippen molar-refractivity contribution in [3.63, 3.8) is 0 Å². The molecule has 0 atom stereocenters. The third-order valence-corrected chi connectivity index (χ3v) is 6.02. The summed E-state index contributed by atoms with van der Waals surface area (Å²) in [4.78, 5) is 0.453. The van der Waals surface area contributed by atoms with Crippen molar-refractivity contribution in [3.8, 4) is 0 Å². The molecule has 4 heteroatoms. The van der Waals surface area contributed by atoms with Crippen molar-refractivity contribution in [1.82, 2.24) is 0 Å². The lowest BCUT2D eigenvalue weighted by molar-refractivity contribution is 0.0717. The van der Waals surface area contributed by atoms with Gasteiger partial charge in [0, 0.05) is 7.11 Å². The van der Waals surface area contributed by atoms with Gasteiger partial charge in [0.2, 0.25) is 0 Å². The average Bonchev–Trinajstić information content (AvgIpc) is 2.39. The molecule has 0 spiro atoms. The molecule has 2 rings (SSSR count). The molecule has 1 aliphatic rings. The van der Waals surface area contributed by atoms with E-state index in [4.69, 9.17) is 4.74 Å². The third-order valence-electron chi connectivity index (χ3n) is 3.74. The van der Waals surface area contributed by atoms with E-state index < -0.39 is 9.84 Å². The van der Waals surface area contributed by atoms with Gasteiger partial charge < -0.3 is 4.74 Å². The standard InChI is InChI=1S/C14H20O3S/c1-11-3-7-13(8-4-11)18(15,16)14-9-5-12(17-2)6-10-14/h3-4,7-8,12,14H,5-6,9-10H2,1-2H3. The number of hydrogen-bond acceptors (Lipinski definition) is 3. The molecular weight excluding hydrogens is 248 g/mol. The van der Waals surface area contributed by atoms with Gasteiger partial charge in [0.05, 0.1) is 16.2 Å². The van der Waals surface area contributed by atoms with Gasteiger partial charge in [-0.2, -0.15) is 0 Å². The van der Waals surface area contributed by atoms with Crippen molar-refractivity contribution in [2.24, 2.45) is 0 Å². The van der Waals surface area contributed by atoms with E-state index in [0.29, 0.717) is 17.7 Å². The van der Waals surface area contributed by atoms with Crippen LogP contribution in [0.25, 0.3) is 0 Å². The van der Waals surface area contributed by atoms with Crippen LogP contribution in [0.1, 0.15) is 31.2 Å². The summed E-state index contributed by atoms with van der Waals surface area (Å²) in [5.41, 5.74) is 1.08. The van der Waals surface area contributed by atoms with Crippen molar-refractivity contribution in [1.29, 1.82) is 0 Å². The molecular formula is C14H20O3S. The van der Waals surface area contributed by atoms with E-state index in [0.717, 1.165) is 18.4 Å². The second-order valence-corrected chi connectivity index (χ2v) is 7.22. The van der Waals surface area contributed by atoms with Gasteiger partial charge in [0.1, 0.15) is 0 Å². The van der Waals surface area contributed by atoms with Gasteiger partial charge in [-0.15, -0.1) is 0 Å². The maximum absolute atomic E-state index is 12.5. The van der Waals surface area contributed by atoms with Gasteiger partial charge in [-0.25, -0.2) is 8.42 Å². The minimum Gasteiger partial charge on any atom is -0.381 e. The van der Waals surface area contributed by atoms with E-state index in [1.165, 1.54) is 0 Å². The summed E-state index contributed by atoms with van der Waals surface area (Å²) < 4.78 is 30.2. The smallest absolute Gasteiger partial charge is 0.181 e. The fraction of sp³-hybridized carbons (Fsp3) is 0.571. The van der Waals surface area contributed by atoms with Crippen LogP contribution in [-0.2, 0) is 14.6 Å². The Bertz CT molecular complexity index is 482. The number of ether oxygens (including phenoxy) is 1. The zero-order valence-electron chi connectivity index (χ0n) is 10.9. The summed E-state index contributed by atoms with van der Waals surface area (Å²) in [5.74, 6) is 0. The molecule has 1 saturated carbocycles. The van der Waals surface area contributed by atoms with Gasteiger partial charge in [-0.1, -0.05) is 17.7 Å². The monoisotopic (exact) mass is 268 g/mol. The van der Waals surface area contributed by atoms with E-state index in [2.05, 4.69) is 0 Å². The first-order valence-corrected chi connectivity index (χ1v) is 7.92. The van der Waals surface area contributed by atoms with Crippen molar-refractivity contribution >= 4 is 9.84 Å². The third kappa shape index (κ3) is 2.75. The first kappa shape index (κ1) is 13.6. The fourth-order valence-corrected chi connectivity index (χ4v) is 4.29. The first-order chi connectivity index (χ1) is 8.54. The molecule has 18 heavy (non-hydrogen) atoms. The van der Waals surface area contributed by atoms with Crippen molar-refractivity contribution < 1.29 is 13.2 Å².